The highest BCUT2D eigenvalue weighted by Gasteiger charge is 2.04. The zero-order valence-electron chi connectivity index (χ0n) is 9.43. The second kappa shape index (κ2) is 5.52. The fourth-order valence-electron chi connectivity index (χ4n) is 1.43. The summed E-state index contributed by atoms with van der Waals surface area (Å²) in [6.07, 6.45) is 1.59. The summed E-state index contributed by atoms with van der Waals surface area (Å²) in [5, 5.41) is 8.75. The van der Waals surface area contributed by atoms with Gasteiger partial charge in [0.25, 0.3) is 0 Å². The minimum atomic E-state index is 0.360. The van der Waals surface area contributed by atoms with Gasteiger partial charge >= 0.3 is 0 Å². The van der Waals surface area contributed by atoms with Crippen LogP contribution in [-0.4, -0.2) is 4.98 Å². The normalized spacial score (nSPS) is 9.78. The number of nitrogens with two attached hydrogens (primary N) is 1. The number of nitriles is 1. The topological polar surface area (TPSA) is 71.9 Å². The molecule has 1 aromatic carbocycles. The van der Waals surface area contributed by atoms with E-state index in [1.807, 2.05) is 18.2 Å². The minimum Gasteiger partial charge on any atom is -0.488 e. The highest BCUT2D eigenvalue weighted by molar-refractivity contribution is 9.10. The molecule has 0 aliphatic rings. The summed E-state index contributed by atoms with van der Waals surface area (Å²) in [4.78, 5) is 3.90. The molecule has 0 spiro atoms. The monoisotopic (exact) mass is 303 g/mol. The number of anilines is 1. The van der Waals surface area contributed by atoms with E-state index in [1.165, 1.54) is 0 Å². The molecule has 0 bridgehead atoms. The summed E-state index contributed by atoms with van der Waals surface area (Å²) < 4.78 is 6.37. The van der Waals surface area contributed by atoms with Gasteiger partial charge < -0.3 is 10.5 Å². The minimum absolute atomic E-state index is 0.360. The molecule has 4 nitrogen and oxygen atoms in total. The van der Waals surface area contributed by atoms with Crippen molar-refractivity contribution in [2.75, 3.05) is 5.73 Å². The number of hydrogen-bond donors (Lipinski definition) is 1. The van der Waals surface area contributed by atoms with Crippen LogP contribution in [0.15, 0.2) is 41.0 Å². The Kier molecular flexibility index (Phi) is 3.80. The van der Waals surface area contributed by atoms with E-state index in [2.05, 4.69) is 20.9 Å². The molecule has 0 amide bonds. The average molecular weight is 304 g/mol. The first-order valence-electron chi connectivity index (χ1n) is 5.22. The predicted octanol–water partition coefficient (Wildman–Crippen LogP) is 2.88. The molecular weight excluding hydrogens is 294 g/mol. The molecule has 0 aliphatic heterocycles. The fraction of sp³-hybridized carbons (Fsp3) is 0.0769. The summed E-state index contributed by atoms with van der Waals surface area (Å²) in [6.45, 7) is 0.360. The van der Waals surface area contributed by atoms with Gasteiger partial charge in [-0.15, -0.1) is 0 Å². The fourth-order valence-corrected chi connectivity index (χ4v) is 1.80. The molecule has 0 atom stereocenters. The van der Waals surface area contributed by atoms with Gasteiger partial charge in [-0.3, -0.25) is 0 Å². The van der Waals surface area contributed by atoms with Gasteiger partial charge in [-0.25, -0.2) is 4.98 Å². The molecule has 2 aromatic rings. The van der Waals surface area contributed by atoms with Crippen LogP contribution in [0.3, 0.4) is 0 Å². The standard InChI is InChI=1S/C13H10BrN3O/c14-13-11(16)2-1-3-12(13)18-8-9-4-5-17-10(6-9)7-15/h1-6H,8,16H2. The molecule has 2 N–H and O–H groups in total. The lowest BCUT2D eigenvalue weighted by Gasteiger charge is -2.09. The quantitative estimate of drug-likeness (QED) is 0.885. The third kappa shape index (κ3) is 2.79. The van der Waals surface area contributed by atoms with Crippen LogP contribution in [0.25, 0.3) is 0 Å². The largest absolute Gasteiger partial charge is 0.488 e. The summed E-state index contributed by atoms with van der Waals surface area (Å²) in [6, 6.07) is 10.9. The number of nitrogens with zero attached hydrogens (tertiary/aromatic N) is 2. The number of halogens is 1. The van der Waals surface area contributed by atoms with Crippen molar-refractivity contribution >= 4 is 21.6 Å². The van der Waals surface area contributed by atoms with Gasteiger partial charge in [0.2, 0.25) is 0 Å². The van der Waals surface area contributed by atoms with Crippen molar-refractivity contribution in [1.29, 1.82) is 5.26 Å². The Labute approximate surface area is 113 Å². The molecule has 0 radical (unpaired) electrons. The second-order valence-corrected chi connectivity index (χ2v) is 4.40. The van der Waals surface area contributed by atoms with Crippen LogP contribution in [0.5, 0.6) is 5.75 Å². The van der Waals surface area contributed by atoms with Crippen molar-refractivity contribution in [2.45, 2.75) is 6.61 Å². The van der Waals surface area contributed by atoms with E-state index in [0.717, 1.165) is 10.0 Å². The molecule has 18 heavy (non-hydrogen) atoms. The Bertz CT molecular complexity index is 607. The summed E-state index contributed by atoms with van der Waals surface area (Å²) >= 11 is 3.37. The van der Waals surface area contributed by atoms with Gasteiger partial charge in [0.05, 0.1) is 4.47 Å². The zero-order chi connectivity index (χ0) is 13.0. The summed E-state index contributed by atoms with van der Waals surface area (Å²) in [7, 11) is 0. The molecule has 0 unspecified atom stereocenters. The van der Waals surface area contributed by atoms with E-state index in [0.29, 0.717) is 23.7 Å². The van der Waals surface area contributed by atoms with Crippen LogP contribution >= 0.6 is 15.9 Å². The average Bonchev–Trinajstić information content (AvgIpc) is 2.41. The van der Waals surface area contributed by atoms with Crippen molar-refractivity contribution < 1.29 is 4.74 Å². The maximum atomic E-state index is 8.75. The van der Waals surface area contributed by atoms with E-state index in [4.69, 9.17) is 15.7 Å². The Balaban J connectivity index is 2.12. The van der Waals surface area contributed by atoms with Crippen molar-refractivity contribution in [3.63, 3.8) is 0 Å². The number of nitrogen functional groups attached to an aromatic ring is 1. The number of aromatic nitrogens is 1. The Morgan fingerprint density at radius 2 is 2.22 bits per heavy atom. The lowest BCUT2D eigenvalue weighted by molar-refractivity contribution is 0.304. The van der Waals surface area contributed by atoms with Crippen LogP contribution in [0.4, 0.5) is 5.69 Å². The predicted molar refractivity (Wildman–Crippen MR) is 71.8 cm³/mol. The molecular formula is C13H10BrN3O. The van der Waals surface area contributed by atoms with Gasteiger partial charge in [0, 0.05) is 11.9 Å². The highest BCUT2D eigenvalue weighted by Crippen LogP contribution is 2.30. The van der Waals surface area contributed by atoms with E-state index >= 15 is 0 Å². The molecule has 0 saturated heterocycles. The summed E-state index contributed by atoms with van der Waals surface area (Å²) in [5.74, 6) is 0.672. The Morgan fingerprint density at radius 1 is 1.39 bits per heavy atom. The Morgan fingerprint density at radius 3 is 3.00 bits per heavy atom. The Hall–Kier alpha value is -2.06. The lowest BCUT2D eigenvalue weighted by Crippen LogP contribution is -1.98. The van der Waals surface area contributed by atoms with Gasteiger partial charge in [0.15, 0.2) is 0 Å². The van der Waals surface area contributed by atoms with Crippen LogP contribution in [-0.2, 0) is 6.61 Å². The zero-order valence-corrected chi connectivity index (χ0v) is 11.0. The molecule has 2 rings (SSSR count). The van der Waals surface area contributed by atoms with Gasteiger partial charge in [0.1, 0.15) is 24.1 Å². The maximum absolute atomic E-state index is 8.75. The highest BCUT2D eigenvalue weighted by atomic mass is 79.9. The molecule has 0 aliphatic carbocycles. The summed E-state index contributed by atoms with van der Waals surface area (Å²) in [5.41, 5.74) is 7.64. The molecule has 0 saturated carbocycles. The maximum Gasteiger partial charge on any atom is 0.140 e. The molecule has 1 aromatic heterocycles. The SMILES string of the molecule is N#Cc1cc(COc2cccc(N)c2Br)ccn1. The van der Waals surface area contributed by atoms with Crippen LogP contribution in [0, 0.1) is 11.3 Å². The number of benzene rings is 1. The van der Waals surface area contributed by atoms with E-state index in [-0.39, 0.29) is 0 Å². The lowest BCUT2D eigenvalue weighted by atomic mass is 10.2. The molecule has 90 valence electrons. The third-order valence-corrected chi connectivity index (χ3v) is 3.18. The van der Waals surface area contributed by atoms with Crippen molar-refractivity contribution in [3.05, 3.63) is 52.3 Å². The molecule has 0 fully saturated rings. The van der Waals surface area contributed by atoms with Gasteiger partial charge in [-0.05, 0) is 45.8 Å². The number of hydrogen-bond acceptors (Lipinski definition) is 4. The van der Waals surface area contributed by atoms with E-state index in [1.54, 1.807) is 24.4 Å². The van der Waals surface area contributed by atoms with Crippen molar-refractivity contribution in [3.8, 4) is 11.8 Å². The van der Waals surface area contributed by atoms with E-state index in [9.17, 15) is 0 Å². The number of rotatable bonds is 3. The van der Waals surface area contributed by atoms with Crippen molar-refractivity contribution in [1.82, 2.24) is 4.98 Å². The van der Waals surface area contributed by atoms with Crippen LogP contribution in [0.1, 0.15) is 11.3 Å². The smallest absolute Gasteiger partial charge is 0.140 e. The first kappa shape index (κ1) is 12.4. The first-order chi connectivity index (χ1) is 8.70. The van der Waals surface area contributed by atoms with E-state index < -0.39 is 0 Å². The van der Waals surface area contributed by atoms with Gasteiger partial charge in [-0.1, -0.05) is 6.07 Å². The van der Waals surface area contributed by atoms with Crippen LogP contribution < -0.4 is 10.5 Å². The second-order valence-electron chi connectivity index (χ2n) is 3.61. The number of ether oxygens (including phenoxy) is 1. The van der Waals surface area contributed by atoms with Crippen LogP contribution in [0.2, 0.25) is 0 Å². The van der Waals surface area contributed by atoms with Gasteiger partial charge in [-0.2, -0.15) is 5.26 Å². The van der Waals surface area contributed by atoms with Crippen molar-refractivity contribution in [2.24, 2.45) is 0 Å². The molecule has 5 heteroatoms. The third-order valence-electron chi connectivity index (χ3n) is 2.33. The molecule has 1 heterocycles. The first-order valence-corrected chi connectivity index (χ1v) is 6.02. The number of pyridine rings is 1.